The van der Waals surface area contributed by atoms with Gasteiger partial charge < -0.3 is 5.32 Å². The van der Waals surface area contributed by atoms with E-state index in [1.807, 2.05) is 11.3 Å². The summed E-state index contributed by atoms with van der Waals surface area (Å²) in [4.78, 5) is 4.08. The average Bonchev–Trinajstić information content (AvgIpc) is 3.20. The van der Waals surface area contributed by atoms with Gasteiger partial charge >= 0.3 is 0 Å². The predicted octanol–water partition coefficient (Wildman–Crippen LogP) is 4.51. The zero-order valence-electron chi connectivity index (χ0n) is 15.1. The van der Waals surface area contributed by atoms with Gasteiger partial charge in [-0.05, 0) is 41.0 Å². The molecule has 0 amide bonds. The Balaban J connectivity index is 1.40. The minimum atomic E-state index is 0.579. The van der Waals surface area contributed by atoms with Gasteiger partial charge in [0.2, 0.25) is 0 Å². The molecule has 1 aromatic heterocycles. The Morgan fingerprint density at radius 3 is 2.54 bits per heavy atom. The molecule has 0 fully saturated rings. The first-order valence-electron chi connectivity index (χ1n) is 9.46. The Labute approximate surface area is 160 Å². The van der Waals surface area contributed by atoms with Crippen molar-refractivity contribution >= 4 is 11.3 Å². The van der Waals surface area contributed by atoms with E-state index in [4.69, 9.17) is 0 Å². The van der Waals surface area contributed by atoms with Gasteiger partial charge in [-0.2, -0.15) is 0 Å². The van der Waals surface area contributed by atoms with Crippen LogP contribution in [0.2, 0.25) is 0 Å². The Bertz CT molecular complexity index is 798. The van der Waals surface area contributed by atoms with Crippen molar-refractivity contribution in [2.45, 2.75) is 32.0 Å². The van der Waals surface area contributed by atoms with Crippen molar-refractivity contribution in [1.29, 1.82) is 0 Å². The van der Waals surface area contributed by atoms with E-state index in [0.717, 1.165) is 39.0 Å². The lowest BCUT2D eigenvalue weighted by molar-refractivity contribution is 0.170. The lowest BCUT2D eigenvalue weighted by Gasteiger charge is -2.37. The summed E-state index contributed by atoms with van der Waals surface area (Å²) in [5.74, 6) is 0. The highest BCUT2D eigenvalue weighted by atomic mass is 32.1. The number of hydrogen-bond acceptors (Lipinski definition) is 3. The van der Waals surface area contributed by atoms with E-state index in [1.54, 1.807) is 0 Å². The van der Waals surface area contributed by atoms with Crippen LogP contribution in [0.4, 0.5) is 0 Å². The molecular formula is C23H26N2S. The monoisotopic (exact) mass is 362 g/mol. The molecule has 1 N–H and O–H groups in total. The van der Waals surface area contributed by atoms with Gasteiger partial charge in [0.05, 0.1) is 0 Å². The Morgan fingerprint density at radius 1 is 0.923 bits per heavy atom. The van der Waals surface area contributed by atoms with Gasteiger partial charge in [0.1, 0.15) is 0 Å². The molecule has 2 heterocycles. The fourth-order valence-electron chi connectivity index (χ4n) is 3.84. The normalized spacial score (nSPS) is 17.2. The van der Waals surface area contributed by atoms with Gasteiger partial charge in [-0.3, -0.25) is 4.90 Å². The molecule has 134 valence electrons. The number of nitrogens with zero attached hydrogens (tertiary/aromatic N) is 1. The van der Waals surface area contributed by atoms with Crippen molar-refractivity contribution in [3.8, 4) is 0 Å². The lowest BCUT2D eigenvalue weighted by Crippen LogP contribution is -2.44. The van der Waals surface area contributed by atoms with Crippen LogP contribution < -0.4 is 5.32 Å². The van der Waals surface area contributed by atoms with Crippen molar-refractivity contribution < 1.29 is 0 Å². The minimum Gasteiger partial charge on any atom is -0.311 e. The SMILES string of the molecule is c1ccc(CC2Cc3ccccc3CN2CCNCc2cccs2)cc1. The van der Waals surface area contributed by atoms with E-state index in [-0.39, 0.29) is 0 Å². The van der Waals surface area contributed by atoms with Gasteiger partial charge in [-0.15, -0.1) is 11.3 Å². The average molecular weight is 363 g/mol. The first-order chi connectivity index (χ1) is 12.9. The molecule has 1 aliphatic heterocycles. The highest BCUT2D eigenvalue weighted by molar-refractivity contribution is 7.09. The first kappa shape index (κ1) is 17.5. The number of hydrogen-bond donors (Lipinski definition) is 1. The standard InChI is InChI=1S/C23H26N2S/c1-2-7-19(8-3-1)15-22-16-20-9-4-5-10-21(20)18-25(22)13-12-24-17-23-11-6-14-26-23/h1-11,14,22,24H,12-13,15-18H2. The highest BCUT2D eigenvalue weighted by Gasteiger charge is 2.25. The van der Waals surface area contributed by atoms with E-state index >= 15 is 0 Å². The summed E-state index contributed by atoms with van der Waals surface area (Å²) in [5, 5.41) is 5.76. The number of thiophene rings is 1. The molecule has 3 heteroatoms. The van der Waals surface area contributed by atoms with E-state index < -0.39 is 0 Å². The molecule has 0 aliphatic carbocycles. The fourth-order valence-corrected chi connectivity index (χ4v) is 4.51. The van der Waals surface area contributed by atoms with E-state index in [2.05, 4.69) is 82.3 Å². The Morgan fingerprint density at radius 2 is 1.73 bits per heavy atom. The molecule has 0 saturated carbocycles. The number of nitrogens with one attached hydrogen (secondary N) is 1. The third-order valence-electron chi connectivity index (χ3n) is 5.23. The second-order valence-corrected chi connectivity index (χ2v) is 8.08. The summed E-state index contributed by atoms with van der Waals surface area (Å²) >= 11 is 1.83. The van der Waals surface area contributed by atoms with Gasteiger partial charge in [0, 0.05) is 37.1 Å². The first-order valence-corrected chi connectivity index (χ1v) is 10.3. The van der Waals surface area contributed by atoms with Gasteiger partial charge in [0.15, 0.2) is 0 Å². The molecule has 0 spiro atoms. The molecule has 1 unspecified atom stereocenters. The van der Waals surface area contributed by atoms with Gasteiger partial charge in [-0.25, -0.2) is 0 Å². The maximum atomic E-state index is 3.61. The molecule has 0 saturated heterocycles. The highest BCUT2D eigenvalue weighted by Crippen LogP contribution is 2.25. The van der Waals surface area contributed by atoms with Crippen molar-refractivity contribution in [1.82, 2.24) is 10.2 Å². The zero-order valence-corrected chi connectivity index (χ0v) is 15.9. The van der Waals surface area contributed by atoms with E-state index in [0.29, 0.717) is 6.04 Å². The summed E-state index contributed by atoms with van der Waals surface area (Å²) in [6.45, 7) is 4.17. The number of rotatable bonds is 7. The summed E-state index contributed by atoms with van der Waals surface area (Å²) in [5.41, 5.74) is 4.46. The van der Waals surface area contributed by atoms with Crippen molar-refractivity contribution in [3.05, 3.63) is 93.7 Å². The number of benzene rings is 2. The molecule has 1 atom stereocenters. The number of fused-ring (bicyclic) bond motifs is 1. The van der Waals surface area contributed by atoms with E-state index in [1.165, 1.54) is 21.6 Å². The van der Waals surface area contributed by atoms with E-state index in [9.17, 15) is 0 Å². The Kier molecular flexibility index (Phi) is 5.80. The largest absolute Gasteiger partial charge is 0.311 e. The molecule has 2 aromatic carbocycles. The van der Waals surface area contributed by atoms with Crippen molar-refractivity contribution in [3.63, 3.8) is 0 Å². The van der Waals surface area contributed by atoms with Crippen LogP contribution in [-0.4, -0.2) is 24.0 Å². The quantitative estimate of drug-likeness (QED) is 0.622. The third kappa shape index (κ3) is 4.42. The predicted molar refractivity (Wildman–Crippen MR) is 111 cm³/mol. The van der Waals surface area contributed by atoms with Crippen LogP contribution in [0.15, 0.2) is 72.1 Å². The van der Waals surface area contributed by atoms with Crippen LogP contribution in [-0.2, 0) is 25.9 Å². The molecule has 4 rings (SSSR count). The van der Waals surface area contributed by atoms with Crippen molar-refractivity contribution in [2.75, 3.05) is 13.1 Å². The molecule has 0 radical (unpaired) electrons. The van der Waals surface area contributed by atoms with Crippen LogP contribution in [0.5, 0.6) is 0 Å². The summed E-state index contributed by atoms with van der Waals surface area (Å²) < 4.78 is 0. The molecule has 3 aromatic rings. The van der Waals surface area contributed by atoms with Crippen molar-refractivity contribution in [2.24, 2.45) is 0 Å². The lowest BCUT2D eigenvalue weighted by atomic mass is 9.90. The minimum absolute atomic E-state index is 0.579. The zero-order chi connectivity index (χ0) is 17.6. The molecule has 2 nitrogen and oxygen atoms in total. The summed E-state index contributed by atoms with van der Waals surface area (Å²) in [7, 11) is 0. The summed E-state index contributed by atoms with van der Waals surface area (Å²) in [6.07, 6.45) is 2.27. The van der Waals surface area contributed by atoms with Crippen LogP contribution in [0.25, 0.3) is 0 Å². The maximum Gasteiger partial charge on any atom is 0.0300 e. The molecule has 0 bridgehead atoms. The topological polar surface area (TPSA) is 15.3 Å². The second-order valence-electron chi connectivity index (χ2n) is 7.04. The van der Waals surface area contributed by atoms with Crippen LogP contribution in [0, 0.1) is 0 Å². The summed E-state index contributed by atoms with van der Waals surface area (Å²) in [6, 6.07) is 24.8. The second kappa shape index (κ2) is 8.63. The Hall–Kier alpha value is -1.94. The van der Waals surface area contributed by atoms with Crippen LogP contribution >= 0.6 is 11.3 Å². The van der Waals surface area contributed by atoms with Crippen LogP contribution in [0.1, 0.15) is 21.6 Å². The smallest absolute Gasteiger partial charge is 0.0300 e. The molecule has 1 aliphatic rings. The van der Waals surface area contributed by atoms with Gasteiger partial charge in [-0.1, -0.05) is 60.7 Å². The molecular weight excluding hydrogens is 336 g/mol. The fraction of sp³-hybridized carbons (Fsp3) is 0.304. The third-order valence-corrected chi connectivity index (χ3v) is 6.11. The maximum absolute atomic E-state index is 3.61. The van der Waals surface area contributed by atoms with Crippen LogP contribution in [0.3, 0.4) is 0 Å². The van der Waals surface area contributed by atoms with Gasteiger partial charge in [0.25, 0.3) is 0 Å². The molecule has 26 heavy (non-hydrogen) atoms.